The third-order valence-electron chi connectivity index (χ3n) is 1.31. The Morgan fingerprint density at radius 3 is 2.00 bits per heavy atom. The Morgan fingerprint density at radius 1 is 1.56 bits per heavy atom. The summed E-state index contributed by atoms with van der Waals surface area (Å²) in [6.45, 7) is 10.1. The Bertz CT molecular complexity index is 138. The molecule has 0 aromatic rings. The summed E-state index contributed by atoms with van der Waals surface area (Å²) in [4.78, 5) is 0. The summed E-state index contributed by atoms with van der Waals surface area (Å²) in [6, 6.07) is 2.24. The van der Waals surface area contributed by atoms with Gasteiger partial charge in [-0.05, 0) is 0 Å². The number of hydrogen-bond donors (Lipinski definition) is 0. The van der Waals surface area contributed by atoms with Crippen LogP contribution >= 0.6 is 0 Å². The third kappa shape index (κ3) is 2.48. The molecule has 0 saturated heterocycles. The molecule has 1 atom stereocenters. The molecular weight excluding hydrogens is 126 g/mol. The monoisotopic (exact) mass is 139 g/mol. The summed E-state index contributed by atoms with van der Waals surface area (Å²) < 4.78 is 0. The summed E-state index contributed by atoms with van der Waals surface area (Å²) in [5.74, 6) is 0. The second-order valence-electron chi connectivity index (χ2n) is 3.21. The highest BCUT2D eigenvalue weighted by Gasteiger charge is 2.22. The minimum Gasteiger partial charge on any atom is -0.198 e. The molecule has 1 unspecified atom stereocenters. The van der Waals surface area contributed by atoms with Crippen LogP contribution in [-0.2, 0) is 0 Å². The number of allylic oxidation sites excluding steroid dienone is 1. The van der Waals surface area contributed by atoms with Crippen LogP contribution in [0.5, 0.6) is 0 Å². The molecule has 2 heteroatoms. The fourth-order valence-electron chi connectivity index (χ4n) is 0.600. The molecule has 0 amide bonds. The molecule has 0 aliphatic rings. The van der Waals surface area contributed by atoms with E-state index < -0.39 is 8.07 Å². The molecule has 0 spiro atoms. The van der Waals surface area contributed by atoms with Gasteiger partial charge in [-0.1, -0.05) is 25.7 Å². The van der Waals surface area contributed by atoms with Gasteiger partial charge in [-0.3, -0.25) is 0 Å². The largest absolute Gasteiger partial charge is 0.198 e. The van der Waals surface area contributed by atoms with Gasteiger partial charge in [-0.15, -0.1) is 6.58 Å². The minimum atomic E-state index is -1.27. The molecule has 0 fully saturated rings. The zero-order valence-corrected chi connectivity index (χ0v) is 7.31. The maximum Gasteiger partial charge on any atom is 0.0688 e. The quantitative estimate of drug-likeness (QED) is 0.426. The van der Waals surface area contributed by atoms with E-state index >= 15 is 0 Å². The van der Waals surface area contributed by atoms with Crippen molar-refractivity contribution in [3.8, 4) is 6.07 Å². The maximum absolute atomic E-state index is 8.58. The van der Waals surface area contributed by atoms with Crippen molar-refractivity contribution in [2.75, 3.05) is 0 Å². The van der Waals surface area contributed by atoms with E-state index in [-0.39, 0.29) is 5.54 Å². The molecule has 0 aromatic carbocycles. The van der Waals surface area contributed by atoms with Crippen molar-refractivity contribution < 1.29 is 0 Å². The van der Waals surface area contributed by atoms with E-state index in [4.69, 9.17) is 5.26 Å². The highest BCUT2D eigenvalue weighted by Crippen LogP contribution is 2.20. The zero-order chi connectivity index (χ0) is 7.49. The van der Waals surface area contributed by atoms with Gasteiger partial charge in [-0.25, -0.2) is 0 Å². The Balaban J connectivity index is 4.16. The van der Waals surface area contributed by atoms with Gasteiger partial charge in [0.2, 0.25) is 0 Å². The van der Waals surface area contributed by atoms with E-state index in [9.17, 15) is 0 Å². The van der Waals surface area contributed by atoms with Crippen LogP contribution in [0.1, 0.15) is 0 Å². The number of rotatable bonds is 2. The fourth-order valence-corrected chi connectivity index (χ4v) is 1.69. The Kier molecular flexibility index (Phi) is 2.66. The zero-order valence-electron chi connectivity index (χ0n) is 6.31. The summed E-state index contributed by atoms with van der Waals surface area (Å²) in [5, 5.41) is 8.58. The van der Waals surface area contributed by atoms with Gasteiger partial charge in [0.1, 0.15) is 0 Å². The molecule has 0 saturated carbocycles. The van der Waals surface area contributed by atoms with Crippen molar-refractivity contribution in [2.45, 2.75) is 25.2 Å². The van der Waals surface area contributed by atoms with E-state index in [1.807, 2.05) is 0 Å². The molecule has 50 valence electrons. The van der Waals surface area contributed by atoms with E-state index in [0.29, 0.717) is 0 Å². The smallest absolute Gasteiger partial charge is 0.0688 e. The van der Waals surface area contributed by atoms with E-state index in [1.165, 1.54) is 0 Å². The van der Waals surface area contributed by atoms with Crippen LogP contribution in [-0.4, -0.2) is 8.07 Å². The van der Waals surface area contributed by atoms with Crippen molar-refractivity contribution >= 4 is 8.07 Å². The first-order chi connectivity index (χ1) is 4.02. The number of hydrogen-bond acceptors (Lipinski definition) is 1. The second-order valence-corrected chi connectivity index (χ2v) is 8.56. The lowest BCUT2D eigenvalue weighted by atomic mass is 10.5. The van der Waals surface area contributed by atoms with Crippen LogP contribution < -0.4 is 0 Å². The molecule has 0 aromatic heterocycles. The van der Waals surface area contributed by atoms with Gasteiger partial charge in [0.05, 0.1) is 19.7 Å². The van der Waals surface area contributed by atoms with Crippen molar-refractivity contribution in [2.24, 2.45) is 0 Å². The molecule has 0 aliphatic carbocycles. The Labute approximate surface area is 58.0 Å². The molecule has 0 bridgehead atoms. The van der Waals surface area contributed by atoms with Crippen LogP contribution in [0.15, 0.2) is 12.7 Å². The number of nitriles is 1. The van der Waals surface area contributed by atoms with E-state index in [0.717, 1.165) is 0 Å². The average Bonchev–Trinajstić information content (AvgIpc) is 1.65. The maximum atomic E-state index is 8.58. The molecule has 0 rings (SSSR count). The highest BCUT2D eigenvalue weighted by atomic mass is 28.3. The van der Waals surface area contributed by atoms with Gasteiger partial charge in [0.15, 0.2) is 0 Å². The SMILES string of the molecule is C=CC(C#N)[Si](C)(C)C. The molecule has 0 aliphatic heterocycles. The minimum absolute atomic E-state index is 0.109. The summed E-state index contributed by atoms with van der Waals surface area (Å²) in [7, 11) is -1.27. The van der Waals surface area contributed by atoms with Gasteiger partial charge in [-0.2, -0.15) is 5.26 Å². The van der Waals surface area contributed by atoms with Crippen molar-refractivity contribution in [1.82, 2.24) is 0 Å². The van der Waals surface area contributed by atoms with Crippen LogP contribution in [0.4, 0.5) is 0 Å². The lowest BCUT2D eigenvalue weighted by Gasteiger charge is -2.18. The second kappa shape index (κ2) is 2.84. The van der Waals surface area contributed by atoms with Gasteiger partial charge >= 0.3 is 0 Å². The van der Waals surface area contributed by atoms with Crippen molar-refractivity contribution in [1.29, 1.82) is 5.26 Å². The number of nitrogens with zero attached hydrogens (tertiary/aromatic N) is 1. The highest BCUT2D eigenvalue weighted by molar-refractivity contribution is 6.78. The first-order valence-electron chi connectivity index (χ1n) is 3.04. The summed E-state index contributed by atoms with van der Waals surface area (Å²) in [5.41, 5.74) is 0.109. The van der Waals surface area contributed by atoms with E-state index in [2.05, 4.69) is 32.3 Å². The lowest BCUT2D eigenvalue weighted by molar-refractivity contribution is 1.26. The van der Waals surface area contributed by atoms with Crippen molar-refractivity contribution in [3.05, 3.63) is 12.7 Å². The normalized spacial score (nSPS) is 14.0. The summed E-state index contributed by atoms with van der Waals surface area (Å²) in [6.07, 6.45) is 1.76. The van der Waals surface area contributed by atoms with E-state index in [1.54, 1.807) is 6.08 Å². The van der Waals surface area contributed by atoms with Gasteiger partial charge in [0, 0.05) is 0 Å². The third-order valence-corrected chi connectivity index (χ3v) is 3.54. The Morgan fingerprint density at radius 2 is 2.00 bits per heavy atom. The first-order valence-corrected chi connectivity index (χ1v) is 6.62. The average molecular weight is 139 g/mol. The van der Waals surface area contributed by atoms with Crippen LogP contribution in [0, 0.1) is 11.3 Å². The van der Waals surface area contributed by atoms with Crippen LogP contribution in [0.25, 0.3) is 0 Å². The van der Waals surface area contributed by atoms with Gasteiger partial charge in [0.25, 0.3) is 0 Å². The predicted molar refractivity (Wildman–Crippen MR) is 42.9 cm³/mol. The first kappa shape index (κ1) is 8.45. The van der Waals surface area contributed by atoms with Crippen molar-refractivity contribution in [3.63, 3.8) is 0 Å². The lowest BCUT2D eigenvalue weighted by Crippen LogP contribution is -2.25. The standard InChI is InChI=1S/C7H13NSi/c1-5-7(6-8)9(2,3)4/h5,7H,1H2,2-4H3. The van der Waals surface area contributed by atoms with Gasteiger partial charge < -0.3 is 0 Å². The molecule has 0 heterocycles. The Hall–Kier alpha value is -0.553. The predicted octanol–water partition coefficient (Wildman–Crippen LogP) is 2.40. The van der Waals surface area contributed by atoms with Crippen LogP contribution in [0.3, 0.4) is 0 Å². The molecule has 1 nitrogen and oxygen atoms in total. The molecule has 0 radical (unpaired) electrons. The molecular formula is C7H13NSi. The molecule has 9 heavy (non-hydrogen) atoms. The topological polar surface area (TPSA) is 23.8 Å². The van der Waals surface area contributed by atoms with Crippen LogP contribution in [0.2, 0.25) is 25.2 Å². The fraction of sp³-hybridized carbons (Fsp3) is 0.571. The molecule has 0 N–H and O–H groups in total. The summed E-state index contributed by atoms with van der Waals surface area (Å²) >= 11 is 0.